The van der Waals surface area contributed by atoms with Crippen molar-refractivity contribution in [1.29, 1.82) is 0 Å². The van der Waals surface area contributed by atoms with Gasteiger partial charge < -0.3 is 4.90 Å². The van der Waals surface area contributed by atoms with Crippen molar-refractivity contribution in [2.24, 2.45) is 23.2 Å². The molecule has 1 heterocycles. The Hall–Kier alpha value is -0.910. The number of likely N-dealkylation sites (tertiary alicyclic amines) is 1. The summed E-state index contributed by atoms with van der Waals surface area (Å²) in [5.74, 6) is 1.64. The van der Waals surface area contributed by atoms with Crippen LogP contribution in [0.3, 0.4) is 0 Å². The first-order valence-electron chi connectivity index (χ1n) is 10.1. The van der Waals surface area contributed by atoms with E-state index in [4.69, 9.17) is 0 Å². The van der Waals surface area contributed by atoms with Gasteiger partial charge in [-0.05, 0) is 81.0 Å². The number of nitrogens with zero attached hydrogens (tertiary/aromatic N) is 1. The Bertz CT molecular complexity index is 749. The lowest BCUT2D eigenvalue weighted by Gasteiger charge is -2.62. The van der Waals surface area contributed by atoms with Crippen LogP contribution in [0.25, 0.3) is 0 Å². The number of sulfonamides is 1. The van der Waals surface area contributed by atoms with Crippen molar-refractivity contribution in [3.63, 3.8) is 0 Å². The highest BCUT2D eigenvalue weighted by molar-refractivity contribution is 7.89. The molecule has 1 aromatic carbocycles. The van der Waals surface area contributed by atoms with Gasteiger partial charge in [0.1, 0.15) is 0 Å². The van der Waals surface area contributed by atoms with E-state index >= 15 is 0 Å². The number of hydrogen-bond donors (Lipinski definition) is 1. The second-order valence-electron chi connectivity index (χ2n) is 9.32. The van der Waals surface area contributed by atoms with Gasteiger partial charge in [-0.25, -0.2) is 13.1 Å². The fourth-order valence-electron chi connectivity index (χ4n) is 5.53. The smallest absolute Gasteiger partial charge is 0.240 e. The highest BCUT2D eigenvalue weighted by atomic mass is 32.2. The summed E-state index contributed by atoms with van der Waals surface area (Å²) >= 11 is 0. The van der Waals surface area contributed by atoms with E-state index in [1.54, 1.807) is 12.1 Å². The molecule has 5 rings (SSSR count). The van der Waals surface area contributed by atoms with Crippen molar-refractivity contribution in [2.45, 2.75) is 57.4 Å². The van der Waals surface area contributed by atoms with Crippen molar-refractivity contribution in [2.75, 3.05) is 19.6 Å². The Balaban J connectivity index is 1.56. The molecular formula is C21H32N2O2S. The Labute approximate surface area is 158 Å². The molecule has 1 aliphatic heterocycles. The summed E-state index contributed by atoms with van der Waals surface area (Å²) in [5, 5.41) is 0. The molecule has 144 valence electrons. The third-order valence-electron chi connectivity index (χ3n) is 7.39. The highest BCUT2D eigenvalue weighted by Gasteiger charge is 2.58. The summed E-state index contributed by atoms with van der Waals surface area (Å²) in [5.41, 5.74) is 1.33. The summed E-state index contributed by atoms with van der Waals surface area (Å²) in [4.78, 5) is 2.93. The number of nitrogens with one attached hydrogen (secondary N) is 1. The summed E-state index contributed by atoms with van der Waals surface area (Å²) in [7, 11) is -3.47. The van der Waals surface area contributed by atoms with Crippen LogP contribution in [0.5, 0.6) is 0 Å². The molecule has 1 aromatic rings. The van der Waals surface area contributed by atoms with Crippen LogP contribution < -0.4 is 4.72 Å². The second-order valence-corrected chi connectivity index (χ2v) is 11.0. The second kappa shape index (κ2) is 6.61. The van der Waals surface area contributed by atoms with Crippen molar-refractivity contribution in [3.8, 4) is 0 Å². The number of hydrogen-bond acceptors (Lipinski definition) is 3. The quantitative estimate of drug-likeness (QED) is 0.857. The van der Waals surface area contributed by atoms with Crippen LogP contribution in [-0.2, 0) is 10.0 Å². The molecule has 0 amide bonds. The molecule has 3 saturated carbocycles. The third-order valence-corrected chi connectivity index (χ3v) is 8.86. The minimum Gasteiger partial charge on any atom is -0.303 e. The highest BCUT2D eigenvalue weighted by Crippen LogP contribution is 2.60. The van der Waals surface area contributed by atoms with Crippen LogP contribution in [0.4, 0.5) is 0 Å². The zero-order valence-electron chi connectivity index (χ0n) is 16.2. The third kappa shape index (κ3) is 3.23. The lowest BCUT2D eigenvalue weighted by Crippen LogP contribution is -2.64. The molecule has 1 saturated heterocycles. The summed E-state index contributed by atoms with van der Waals surface area (Å²) in [6.07, 6.45) is 4.89. The van der Waals surface area contributed by atoms with Gasteiger partial charge in [0.25, 0.3) is 0 Å². The normalized spacial score (nSPS) is 33.8. The molecular weight excluding hydrogens is 344 g/mol. The maximum Gasteiger partial charge on any atom is 0.240 e. The molecule has 4 atom stereocenters. The average Bonchev–Trinajstić information content (AvgIpc) is 3.09. The number of benzene rings is 1. The molecule has 3 aliphatic carbocycles. The van der Waals surface area contributed by atoms with Gasteiger partial charge in [-0.2, -0.15) is 0 Å². The number of rotatable bonds is 5. The van der Waals surface area contributed by atoms with Gasteiger partial charge in [0.2, 0.25) is 10.0 Å². The predicted molar refractivity (Wildman–Crippen MR) is 104 cm³/mol. The lowest BCUT2D eigenvalue weighted by atomic mass is 9.45. The minimum absolute atomic E-state index is 0.0573. The Kier molecular flexibility index (Phi) is 4.69. The van der Waals surface area contributed by atoms with Gasteiger partial charge in [-0.15, -0.1) is 0 Å². The van der Waals surface area contributed by atoms with Gasteiger partial charge in [0.15, 0.2) is 0 Å². The first-order valence-corrected chi connectivity index (χ1v) is 11.6. The van der Waals surface area contributed by atoms with E-state index in [9.17, 15) is 8.42 Å². The molecule has 4 fully saturated rings. The maximum atomic E-state index is 13.0. The monoisotopic (exact) mass is 376 g/mol. The standard InChI is InChI=1S/C21H32N2O2S/c1-15-6-8-18(9-7-15)26(24,25)22-20-16(14-23-10-4-5-11-23)12-17-13-19(20)21(17,2)3/h6-9,16-17,19-20,22H,4-5,10-14H2,1-3H3/t16-,17+,19+,20+/m1/s1. The van der Waals surface area contributed by atoms with Crippen LogP contribution >= 0.6 is 0 Å². The van der Waals surface area contributed by atoms with Crippen LogP contribution in [0, 0.1) is 30.1 Å². The number of fused-ring (bicyclic) bond motifs is 2. The molecule has 1 N–H and O–H groups in total. The largest absolute Gasteiger partial charge is 0.303 e. The van der Waals surface area contributed by atoms with Gasteiger partial charge in [0.05, 0.1) is 4.90 Å². The maximum absolute atomic E-state index is 13.0. The molecule has 2 bridgehead atoms. The fraction of sp³-hybridized carbons (Fsp3) is 0.714. The first-order chi connectivity index (χ1) is 12.3. The van der Waals surface area contributed by atoms with E-state index in [2.05, 4.69) is 23.5 Å². The topological polar surface area (TPSA) is 49.4 Å². The molecule has 4 aliphatic rings. The molecule has 0 unspecified atom stereocenters. The van der Waals surface area contributed by atoms with Crippen molar-refractivity contribution in [1.82, 2.24) is 9.62 Å². The molecule has 4 nitrogen and oxygen atoms in total. The van der Waals surface area contributed by atoms with Crippen LogP contribution in [0.15, 0.2) is 29.2 Å². The molecule has 5 heteroatoms. The summed E-state index contributed by atoms with van der Waals surface area (Å²) in [6.45, 7) is 10.0. The SMILES string of the molecule is Cc1ccc(S(=O)(=O)N[C@H]2[C@@H](CN3CCCC3)C[C@H]3C[C@@H]2C3(C)C)cc1. The van der Waals surface area contributed by atoms with Crippen molar-refractivity contribution < 1.29 is 8.42 Å². The van der Waals surface area contributed by atoms with Crippen LogP contribution in [0.1, 0.15) is 45.1 Å². The molecule has 0 aromatic heterocycles. The zero-order chi connectivity index (χ0) is 18.5. The van der Waals surface area contributed by atoms with Gasteiger partial charge in [-0.3, -0.25) is 0 Å². The van der Waals surface area contributed by atoms with Crippen LogP contribution in [-0.4, -0.2) is 39.0 Å². The zero-order valence-corrected chi connectivity index (χ0v) is 17.1. The number of aryl methyl sites for hydroxylation is 1. The van der Waals surface area contributed by atoms with Crippen molar-refractivity contribution in [3.05, 3.63) is 29.8 Å². The van der Waals surface area contributed by atoms with E-state index in [-0.39, 0.29) is 11.5 Å². The van der Waals surface area contributed by atoms with E-state index in [0.29, 0.717) is 16.7 Å². The van der Waals surface area contributed by atoms with Gasteiger partial charge in [-0.1, -0.05) is 31.5 Å². The van der Waals surface area contributed by atoms with E-state index in [1.807, 2.05) is 19.1 Å². The minimum atomic E-state index is -3.47. The molecule has 26 heavy (non-hydrogen) atoms. The van der Waals surface area contributed by atoms with Crippen LogP contribution in [0.2, 0.25) is 0 Å². The Morgan fingerprint density at radius 2 is 1.77 bits per heavy atom. The van der Waals surface area contributed by atoms with Gasteiger partial charge >= 0.3 is 0 Å². The Morgan fingerprint density at radius 3 is 2.38 bits per heavy atom. The Morgan fingerprint density at radius 1 is 1.12 bits per heavy atom. The molecule has 0 radical (unpaired) electrons. The van der Waals surface area contributed by atoms with E-state index in [1.165, 1.54) is 32.4 Å². The van der Waals surface area contributed by atoms with Crippen molar-refractivity contribution >= 4 is 10.0 Å². The van der Waals surface area contributed by atoms with E-state index in [0.717, 1.165) is 24.4 Å². The summed E-state index contributed by atoms with van der Waals surface area (Å²) in [6, 6.07) is 7.26. The average molecular weight is 377 g/mol. The first kappa shape index (κ1) is 18.5. The molecule has 0 spiro atoms. The lowest BCUT2D eigenvalue weighted by molar-refractivity contribution is -0.112. The van der Waals surface area contributed by atoms with Gasteiger partial charge in [0, 0.05) is 12.6 Å². The fourth-order valence-corrected chi connectivity index (χ4v) is 6.88. The predicted octanol–water partition coefficient (Wildman–Crippen LogP) is 3.42. The summed E-state index contributed by atoms with van der Waals surface area (Å²) < 4.78 is 29.2. The van der Waals surface area contributed by atoms with E-state index < -0.39 is 10.0 Å².